The van der Waals surface area contributed by atoms with Gasteiger partial charge in [-0.3, -0.25) is 0 Å². The van der Waals surface area contributed by atoms with Gasteiger partial charge in [0, 0.05) is 17.4 Å². The van der Waals surface area contributed by atoms with Crippen LogP contribution in [0.2, 0.25) is 0 Å². The first kappa shape index (κ1) is 16.9. The van der Waals surface area contributed by atoms with Gasteiger partial charge >= 0.3 is 0 Å². The number of aromatic nitrogens is 3. The highest BCUT2D eigenvalue weighted by Gasteiger charge is 2.10. The quantitative estimate of drug-likeness (QED) is 0.428. The highest BCUT2D eigenvalue weighted by Crippen LogP contribution is 2.30. The average Bonchev–Trinajstić information content (AvgIpc) is 3.31. The molecule has 0 fully saturated rings. The Morgan fingerprint density at radius 2 is 1.81 bits per heavy atom. The summed E-state index contributed by atoms with van der Waals surface area (Å²) in [7, 11) is 0. The van der Waals surface area contributed by atoms with Crippen LogP contribution >= 0.6 is 23.1 Å². The van der Waals surface area contributed by atoms with Crippen molar-refractivity contribution in [1.29, 1.82) is 0 Å². The largest absolute Gasteiger partial charge is 0.338 e. The van der Waals surface area contributed by atoms with Crippen LogP contribution in [0.3, 0.4) is 0 Å². The summed E-state index contributed by atoms with van der Waals surface area (Å²) in [6.07, 6.45) is 0.654. The van der Waals surface area contributed by atoms with Gasteiger partial charge in [-0.2, -0.15) is 4.98 Å². The summed E-state index contributed by atoms with van der Waals surface area (Å²) in [5, 5.41) is 6.00. The van der Waals surface area contributed by atoms with Crippen molar-refractivity contribution in [3.8, 4) is 11.3 Å². The molecule has 0 atom stereocenters. The number of thiazole rings is 1. The van der Waals surface area contributed by atoms with Gasteiger partial charge in [0.2, 0.25) is 5.89 Å². The SMILES string of the molecule is Fc1ccc(-c2csc(SCc3nc(Cc4ccccc4)no3)n2)cc1. The van der Waals surface area contributed by atoms with E-state index in [1.165, 1.54) is 12.1 Å². The van der Waals surface area contributed by atoms with Crippen LogP contribution in [0, 0.1) is 5.82 Å². The number of benzene rings is 2. The number of hydrogen-bond donors (Lipinski definition) is 0. The van der Waals surface area contributed by atoms with Gasteiger partial charge in [0.1, 0.15) is 5.82 Å². The molecular formula is C19H14FN3OS2. The molecule has 0 spiro atoms. The van der Waals surface area contributed by atoms with Crippen LogP contribution in [0.4, 0.5) is 4.39 Å². The number of thioether (sulfide) groups is 1. The van der Waals surface area contributed by atoms with Crippen molar-refractivity contribution >= 4 is 23.1 Å². The standard InChI is InChI=1S/C19H14FN3OS2/c20-15-8-6-14(7-9-15)16-11-25-19(21-16)26-12-18-22-17(23-24-18)10-13-4-2-1-3-5-13/h1-9,11H,10,12H2. The van der Waals surface area contributed by atoms with Crippen LogP contribution < -0.4 is 0 Å². The number of rotatable bonds is 6. The number of hydrogen-bond acceptors (Lipinski definition) is 6. The smallest absolute Gasteiger partial charge is 0.237 e. The summed E-state index contributed by atoms with van der Waals surface area (Å²) in [5.74, 6) is 1.58. The third-order valence-corrected chi connectivity index (χ3v) is 5.66. The molecule has 0 amide bonds. The van der Waals surface area contributed by atoms with E-state index < -0.39 is 0 Å². The fraction of sp³-hybridized carbons (Fsp3) is 0.105. The second-order valence-corrected chi connectivity index (χ2v) is 7.64. The average molecular weight is 383 g/mol. The molecule has 2 aromatic carbocycles. The minimum atomic E-state index is -0.249. The van der Waals surface area contributed by atoms with Gasteiger partial charge in [0.15, 0.2) is 10.2 Å². The highest BCUT2D eigenvalue weighted by atomic mass is 32.2. The Bertz CT molecular complexity index is 983. The van der Waals surface area contributed by atoms with E-state index in [9.17, 15) is 4.39 Å². The molecule has 0 N–H and O–H groups in total. The zero-order valence-corrected chi connectivity index (χ0v) is 15.3. The molecule has 0 aliphatic carbocycles. The first-order valence-electron chi connectivity index (χ1n) is 7.96. The maximum absolute atomic E-state index is 13.0. The second kappa shape index (κ2) is 7.80. The van der Waals surface area contributed by atoms with Gasteiger partial charge in [-0.25, -0.2) is 9.37 Å². The van der Waals surface area contributed by atoms with Crippen molar-refractivity contribution < 1.29 is 8.91 Å². The van der Waals surface area contributed by atoms with Crippen molar-refractivity contribution in [2.45, 2.75) is 16.5 Å². The Morgan fingerprint density at radius 1 is 1.00 bits per heavy atom. The lowest BCUT2D eigenvalue weighted by atomic mass is 10.1. The maximum atomic E-state index is 13.0. The monoisotopic (exact) mass is 383 g/mol. The lowest BCUT2D eigenvalue weighted by Crippen LogP contribution is -1.90. The number of halogens is 1. The summed E-state index contributed by atoms with van der Waals surface area (Å²) in [6, 6.07) is 16.4. The van der Waals surface area contributed by atoms with Crippen LogP contribution in [0.5, 0.6) is 0 Å². The molecule has 4 rings (SSSR count). The van der Waals surface area contributed by atoms with Gasteiger partial charge in [-0.1, -0.05) is 47.3 Å². The van der Waals surface area contributed by atoms with Crippen LogP contribution in [-0.4, -0.2) is 15.1 Å². The Hall–Kier alpha value is -2.51. The van der Waals surface area contributed by atoms with E-state index in [1.807, 2.05) is 35.7 Å². The molecule has 0 saturated heterocycles. The van der Waals surface area contributed by atoms with Crippen LogP contribution in [-0.2, 0) is 12.2 Å². The van der Waals surface area contributed by atoms with Crippen LogP contribution in [0.15, 0.2) is 68.8 Å². The van der Waals surface area contributed by atoms with Crippen LogP contribution in [0.25, 0.3) is 11.3 Å². The zero-order valence-electron chi connectivity index (χ0n) is 13.6. The molecule has 130 valence electrons. The minimum absolute atomic E-state index is 0.249. The maximum Gasteiger partial charge on any atom is 0.237 e. The Balaban J connectivity index is 1.37. The van der Waals surface area contributed by atoms with Gasteiger partial charge in [-0.05, 0) is 29.8 Å². The van der Waals surface area contributed by atoms with Crippen molar-refractivity contribution in [2.24, 2.45) is 0 Å². The fourth-order valence-electron chi connectivity index (χ4n) is 2.40. The summed E-state index contributed by atoms with van der Waals surface area (Å²) in [4.78, 5) is 9.00. The van der Waals surface area contributed by atoms with Crippen molar-refractivity contribution in [3.05, 3.63) is 83.1 Å². The van der Waals surface area contributed by atoms with E-state index in [0.29, 0.717) is 23.9 Å². The number of nitrogens with zero attached hydrogens (tertiary/aromatic N) is 3. The lowest BCUT2D eigenvalue weighted by Gasteiger charge is -1.95. The molecule has 0 bridgehead atoms. The van der Waals surface area contributed by atoms with Crippen molar-refractivity contribution in [3.63, 3.8) is 0 Å². The van der Waals surface area contributed by atoms with E-state index in [1.54, 1.807) is 35.2 Å². The third-order valence-electron chi connectivity index (χ3n) is 3.66. The molecule has 4 aromatic rings. The Labute approximate surface area is 158 Å². The summed E-state index contributed by atoms with van der Waals surface area (Å²) in [5.41, 5.74) is 2.89. The van der Waals surface area contributed by atoms with Crippen LogP contribution in [0.1, 0.15) is 17.3 Å². The third kappa shape index (κ3) is 4.17. The predicted octanol–water partition coefficient (Wildman–Crippen LogP) is 5.22. The molecule has 0 aliphatic heterocycles. The molecule has 0 saturated carbocycles. The zero-order chi connectivity index (χ0) is 17.8. The molecule has 4 nitrogen and oxygen atoms in total. The summed E-state index contributed by atoms with van der Waals surface area (Å²) < 4.78 is 19.2. The van der Waals surface area contributed by atoms with Gasteiger partial charge < -0.3 is 4.52 Å². The first-order chi connectivity index (χ1) is 12.8. The summed E-state index contributed by atoms with van der Waals surface area (Å²) >= 11 is 3.09. The molecular weight excluding hydrogens is 369 g/mol. The fourth-order valence-corrected chi connectivity index (χ4v) is 4.07. The predicted molar refractivity (Wildman–Crippen MR) is 101 cm³/mol. The van der Waals surface area contributed by atoms with E-state index in [4.69, 9.17) is 4.52 Å². The second-order valence-electron chi connectivity index (χ2n) is 5.56. The van der Waals surface area contributed by atoms with Gasteiger partial charge in [0.05, 0.1) is 11.4 Å². The Morgan fingerprint density at radius 3 is 2.62 bits per heavy atom. The van der Waals surface area contributed by atoms with Gasteiger partial charge in [-0.15, -0.1) is 11.3 Å². The highest BCUT2D eigenvalue weighted by molar-refractivity contribution is 8.00. The Kier molecular flexibility index (Phi) is 5.08. The molecule has 7 heteroatoms. The molecule has 0 unspecified atom stereocenters. The minimum Gasteiger partial charge on any atom is -0.338 e. The molecule has 2 heterocycles. The van der Waals surface area contributed by atoms with Gasteiger partial charge in [0.25, 0.3) is 0 Å². The van der Waals surface area contributed by atoms with E-state index in [0.717, 1.165) is 21.2 Å². The van der Waals surface area contributed by atoms with E-state index in [2.05, 4.69) is 15.1 Å². The molecule has 0 radical (unpaired) electrons. The van der Waals surface area contributed by atoms with E-state index >= 15 is 0 Å². The normalized spacial score (nSPS) is 11.0. The molecule has 2 aromatic heterocycles. The molecule has 0 aliphatic rings. The van der Waals surface area contributed by atoms with Crippen molar-refractivity contribution in [1.82, 2.24) is 15.1 Å². The van der Waals surface area contributed by atoms with E-state index in [-0.39, 0.29) is 5.82 Å². The lowest BCUT2D eigenvalue weighted by molar-refractivity contribution is 0.386. The topological polar surface area (TPSA) is 51.8 Å². The molecule has 26 heavy (non-hydrogen) atoms. The summed E-state index contributed by atoms with van der Waals surface area (Å²) in [6.45, 7) is 0. The van der Waals surface area contributed by atoms with Crippen molar-refractivity contribution in [2.75, 3.05) is 0 Å². The first-order valence-corrected chi connectivity index (χ1v) is 9.82.